The molecule has 0 bridgehead atoms. The summed E-state index contributed by atoms with van der Waals surface area (Å²) >= 11 is 0. The van der Waals surface area contributed by atoms with E-state index in [1.807, 2.05) is 0 Å². The van der Waals surface area contributed by atoms with Crippen molar-refractivity contribution in [3.05, 3.63) is 48.5 Å². The van der Waals surface area contributed by atoms with E-state index in [1.54, 1.807) is 13.8 Å². The summed E-state index contributed by atoms with van der Waals surface area (Å²) in [4.78, 5) is 12.0. The number of sulfone groups is 2. The Hall–Kier alpha value is -2.88. The molecule has 1 fully saturated rings. The number of rotatable bonds is 10. The van der Waals surface area contributed by atoms with Gasteiger partial charge in [-0.05, 0) is 61.4 Å². The van der Waals surface area contributed by atoms with E-state index in [2.05, 4.69) is 4.74 Å². The lowest BCUT2D eigenvalue weighted by Gasteiger charge is -2.34. The summed E-state index contributed by atoms with van der Waals surface area (Å²) in [6, 6.07) is 9.09. The Morgan fingerprint density at radius 2 is 1.46 bits per heavy atom. The molecule has 10 nitrogen and oxygen atoms in total. The van der Waals surface area contributed by atoms with Gasteiger partial charge < -0.3 is 14.2 Å². The molecule has 0 unspecified atom stereocenters. The molecule has 15 heteroatoms. The molecule has 1 saturated heterocycles. The Balaban J connectivity index is 1.68. The van der Waals surface area contributed by atoms with Crippen LogP contribution in [0.3, 0.4) is 0 Å². The largest absolute Gasteiger partial charge is 0.573 e. The average Bonchev–Trinajstić information content (AvgIpc) is 2.86. The summed E-state index contributed by atoms with van der Waals surface area (Å²) in [7, 11) is -8.12. The van der Waals surface area contributed by atoms with Gasteiger partial charge in [0.15, 0.2) is 24.4 Å². The summed E-state index contributed by atoms with van der Waals surface area (Å²) in [6.45, 7) is 3.19. The summed E-state index contributed by atoms with van der Waals surface area (Å²) in [5, 5.41) is 9.14. The Bertz CT molecular complexity index is 1370. The molecule has 2 aromatic rings. The molecule has 1 aliphatic rings. The minimum absolute atomic E-state index is 0.0251. The third-order valence-electron chi connectivity index (χ3n) is 6.09. The van der Waals surface area contributed by atoms with E-state index in [0.29, 0.717) is 0 Å². The third-order valence-corrected chi connectivity index (χ3v) is 10.8. The van der Waals surface area contributed by atoms with Crippen molar-refractivity contribution >= 4 is 25.6 Å². The molecule has 1 heterocycles. The number of carbonyl (C=O) groups is 1. The van der Waals surface area contributed by atoms with Crippen molar-refractivity contribution in [2.24, 2.45) is 5.41 Å². The first kappa shape index (κ1) is 30.7. The molecule has 0 radical (unpaired) electrons. The Kier molecular flexibility index (Phi) is 8.89. The third kappa shape index (κ3) is 7.21. The fourth-order valence-corrected chi connectivity index (χ4v) is 7.90. The van der Waals surface area contributed by atoms with Crippen molar-refractivity contribution in [1.29, 1.82) is 0 Å². The van der Waals surface area contributed by atoms with Crippen LogP contribution in [0.2, 0.25) is 0 Å². The lowest BCUT2D eigenvalue weighted by molar-refractivity contribution is -0.274. The summed E-state index contributed by atoms with van der Waals surface area (Å²) < 4.78 is 102. The van der Waals surface area contributed by atoms with Crippen LogP contribution in [0.4, 0.5) is 13.2 Å². The average molecular weight is 596 g/mol. The molecule has 1 amide bonds. The minimum Gasteiger partial charge on any atom is -0.493 e. The molecule has 1 aliphatic heterocycles. The molecule has 0 aliphatic carbocycles. The van der Waals surface area contributed by atoms with Crippen LogP contribution in [0.25, 0.3) is 0 Å². The van der Waals surface area contributed by atoms with Gasteiger partial charge in [-0.3, -0.25) is 10.0 Å². The maximum Gasteiger partial charge on any atom is 0.573 e. The minimum atomic E-state index is -4.90. The van der Waals surface area contributed by atoms with Crippen molar-refractivity contribution in [2.75, 3.05) is 25.6 Å². The van der Waals surface area contributed by atoms with Crippen LogP contribution in [-0.2, 0) is 29.2 Å². The molecule has 0 aromatic heterocycles. The van der Waals surface area contributed by atoms with Gasteiger partial charge in [0.25, 0.3) is 5.91 Å². The molecule has 0 atom stereocenters. The number of alkyl halides is 3. The smallest absolute Gasteiger partial charge is 0.493 e. The van der Waals surface area contributed by atoms with Gasteiger partial charge in [0.2, 0.25) is 0 Å². The van der Waals surface area contributed by atoms with E-state index in [1.165, 1.54) is 29.7 Å². The quantitative estimate of drug-likeness (QED) is 0.312. The number of benzene rings is 2. The van der Waals surface area contributed by atoms with Crippen molar-refractivity contribution in [3.63, 3.8) is 0 Å². The van der Waals surface area contributed by atoms with E-state index in [4.69, 9.17) is 14.7 Å². The van der Waals surface area contributed by atoms with Gasteiger partial charge in [0.05, 0.1) is 22.2 Å². The first-order valence-corrected chi connectivity index (χ1v) is 14.7. The van der Waals surface area contributed by atoms with Crippen LogP contribution < -0.4 is 15.0 Å². The van der Waals surface area contributed by atoms with Gasteiger partial charge in [-0.15, -0.1) is 13.2 Å². The van der Waals surface area contributed by atoms with Crippen LogP contribution in [-0.4, -0.2) is 64.6 Å². The van der Waals surface area contributed by atoms with Crippen LogP contribution in [0.1, 0.15) is 26.7 Å². The number of ether oxygens (including phenoxy) is 3. The number of hydrogen-bond donors (Lipinski definition) is 2. The highest BCUT2D eigenvalue weighted by molar-refractivity contribution is 7.93. The predicted molar refractivity (Wildman–Crippen MR) is 131 cm³/mol. The van der Waals surface area contributed by atoms with Gasteiger partial charge in [-0.1, -0.05) is 13.8 Å². The zero-order valence-corrected chi connectivity index (χ0v) is 22.7. The number of halogens is 3. The first-order valence-electron chi connectivity index (χ1n) is 11.6. The highest BCUT2D eigenvalue weighted by Gasteiger charge is 2.52. The number of hydrogen-bond acceptors (Lipinski definition) is 9. The molecular weight excluding hydrogens is 567 g/mol. The monoisotopic (exact) mass is 595 g/mol. The second kappa shape index (κ2) is 11.3. The highest BCUT2D eigenvalue weighted by atomic mass is 32.2. The summed E-state index contributed by atoms with van der Waals surface area (Å²) in [5.41, 5.74) is 0.495. The van der Waals surface area contributed by atoms with Crippen molar-refractivity contribution in [2.45, 2.75) is 47.6 Å². The van der Waals surface area contributed by atoms with E-state index < -0.39 is 53.6 Å². The molecule has 39 heavy (non-hydrogen) atoms. The van der Waals surface area contributed by atoms with Gasteiger partial charge in [-0.2, -0.15) is 0 Å². The van der Waals surface area contributed by atoms with Crippen LogP contribution in [0.15, 0.2) is 58.3 Å². The summed E-state index contributed by atoms with van der Waals surface area (Å²) in [6.07, 6.45) is -5.18. The number of hydroxylamine groups is 1. The zero-order chi connectivity index (χ0) is 29.1. The Morgan fingerprint density at radius 1 is 0.949 bits per heavy atom. The van der Waals surface area contributed by atoms with Crippen molar-refractivity contribution in [1.82, 2.24) is 5.48 Å². The Morgan fingerprint density at radius 3 is 1.97 bits per heavy atom. The number of nitrogens with one attached hydrogen (secondary N) is 1. The number of carbonyl (C=O) groups excluding carboxylic acids is 1. The molecular formula is C24H28F3NO9S2. The maximum absolute atomic E-state index is 13.3. The lowest BCUT2D eigenvalue weighted by Crippen LogP contribution is -2.54. The SMILES string of the molecule is CC(C)(COc1ccc(S(=O)(=O)C2(C(=O)NO)CCOCC2)cc1)CS(=O)(=O)c1ccc(OC(F)(F)F)cc1. The summed E-state index contributed by atoms with van der Waals surface area (Å²) in [5.74, 6) is -1.75. The van der Waals surface area contributed by atoms with E-state index >= 15 is 0 Å². The van der Waals surface area contributed by atoms with Gasteiger partial charge in [0.1, 0.15) is 11.5 Å². The lowest BCUT2D eigenvalue weighted by atomic mass is 9.98. The van der Waals surface area contributed by atoms with E-state index in [9.17, 15) is 34.8 Å². The number of amides is 1. The van der Waals surface area contributed by atoms with Gasteiger partial charge in [-0.25, -0.2) is 22.3 Å². The van der Waals surface area contributed by atoms with E-state index in [0.717, 1.165) is 24.3 Å². The molecule has 3 rings (SSSR count). The zero-order valence-electron chi connectivity index (χ0n) is 21.0. The molecule has 2 aromatic carbocycles. The standard InChI is InChI=1S/C24H28F3NO9S2/c1-22(2,16-38(31,32)19-7-5-18(6-8-19)37-24(25,26)27)15-36-17-3-9-20(10-4-17)39(33,34)23(21(29)28-30)11-13-35-14-12-23/h3-10,30H,11-16H2,1-2H3,(H,28,29). The van der Waals surface area contributed by atoms with Crippen LogP contribution in [0.5, 0.6) is 11.5 Å². The van der Waals surface area contributed by atoms with Gasteiger partial charge in [0, 0.05) is 18.6 Å². The van der Waals surface area contributed by atoms with Crippen molar-refractivity contribution < 1.29 is 54.2 Å². The molecule has 0 saturated carbocycles. The topological polar surface area (TPSA) is 145 Å². The first-order chi connectivity index (χ1) is 18.0. The van der Waals surface area contributed by atoms with Gasteiger partial charge >= 0.3 is 6.36 Å². The van der Waals surface area contributed by atoms with Crippen LogP contribution in [0, 0.1) is 5.41 Å². The molecule has 0 spiro atoms. The van der Waals surface area contributed by atoms with Crippen molar-refractivity contribution in [3.8, 4) is 11.5 Å². The second-order valence-electron chi connectivity index (χ2n) is 9.75. The molecule has 2 N–H and O–H groups in total. The predicted octanol–water partition coefficient (Wildman–Crippen LogP) is 3.29. The molecule has 216 valence electrons. The fraction of sp³-hybridized carbons (Fsp3) is 0.458. The second-order valence-corrected chi connectivity index (χ2v) is 14.0. The van der Waals surface area contributed by atoms with E-state index in [-0.39, 0.29) is 48.2 Å². The highest BCUT2D eigenvalue weighted by Crippen LogP contribution is 2.36. The van der Waals surface area contributed by atoms with Crippen LogP contribution >= 0.6 is 0 Å². The maximum atomic E-state index is 13.3. The fourth-order valence-electron chi connectivity index (χ4n) is 4.13. The normalized spacial score (nSPS) is 16.4. The Labute approximate surface area is 223 Å².